The lowest BCUT2D eigenvalue weighted by atomic mass is 9.87. The molecule has 2 atom stereocenters. The van der Waals surface area contributed by atoms with Crippen LogP contribution in [0, 0.1) is 5.41 Å². The molecule has 4 heteroatoms. The zero-order valence-electron chi connectivity index (χ0n) is 12.2. The number of hydrogen-bond acceptors (Lipinski definition) is 3. The summed E-state index contributed by atoms with van der Waals surface area (Å²) in [4.78, 5) is 13.8. The maximum atomic E-state index is 12.0. The first-order valence-electron chi connectivity index (χ1n) is 6.89. The van der Waals surface area contributed by atoms with Crippen LogP contribution in [-0.4, -0.2) is 43.2 Å². The number of hydrogen-bond donors (Lipinski definition) is 1. The van der Waals surface area contributed by atoms with Crippen molar-refractivity contribution >= 4 is 5.91 Å². The van der Waals surface area contributed by atoms with Crippen LogP contribution in [0.25, 0.3) is 0 Å². The Labute approximate surface area is 111 Å². The molecule has 0 aromatic rings. The molecular formula is C14H28N2O2. The summed E-state index contributed by atoms with van der Waals surface area (Å²) in [6.45, 7) is 7.96. The van der Waals surface area contributed by atoms with Gasteiger partial charge in [-0.1, -0.05) is 20.8 Å². The van der Waals surface area contributed by atoms with Gasteiger partial charge in [0.15, 0.2) is 0 Å². The number of likely N-dealkylation sites (N-methyl/N-ethyl adjacent to an activating group) is 1. The Morgan fingerprint density at radius 2 is 2.17 bits per heavy atom. The number of carbonyl (C=O) groups excluding carboxylic acids is 1. The van der Waals surface area contributed by atoms with Crippen LogP contribution in [0.3, 0.4) is 0 Å². The molecule has 0 aromatic heterocycles. The minimum Gasteiger partial charge on any atom is -0.376 e. The Morgan fingerprint density at radius 3 is 2.67 bits per heavy atom. The van der Waals surface area contributed by atoms with Crippen molar-refractivity contribution in [1.29, 1.82) is 0 Å². The summed E-state index contributed by atoms with van der Waals surface area (Å²) < 4.78 is 5.53. The van der Waals surface area contributed by atoms with Crippen molar-refractivity contribution in [3.63, 3.8) is 0 Å². The van der Waals surface area contributed by atoms with Gasteiger partial charge in [0, 0.05) is 32.7 Å². The van der Waals surface area contributed by atoms with Gasteiger partial charge in [-0.3, -0.25) is 4.79 Å². The van der Waals surface area contributed by atoms with Gasteiger partial charge in [0.2, 0.25) is 5.91 Å². The molecule has 4 nitrogen and oxygen atoms in total. The predicted octanol–water partition coefficient (Wildman–Crippen LogP) is 1.78. The van der Waals surface area contributed by atoms with Gasteiger partial charge in [-0.05, 0) is 24.7 Å². The molecular weight excluding hydrogens is 228 g/mol. The van der Waals surface area contributed by atoms with Crippen molar-refractivity contribution in [2.45, 2.75) is 58.6 Å². The number of ether oxygens (including phenoxy) is 1. The zero-order valence-corrected chi connectivity index (χ0v) is 12.2. The number of amides is 1. The molecule has 1 rings (SSSR count). The van der Waals surface area contributed by atoms with Crippen molar-refractivity contribution in [2.75, 3.05) is 20.2 Å². The fraction of sp³-hybridized carbons (Fsp3) is 0.929. The lowest BCUT2D eigenvalue weighted by molar-refractivity contribution is -0.131. The molecule has 2 unspecified atom stereocenters. The monoisotopic (exact) mass is 256 g/mol. The molecule has 1 amide bonds. The van der Waals surface area contributed by atoms with E-state index in [9.17, 15) is 4.79 Å². The smallest absolute Gasteiger partial charge is 0.223 e. The molecule has 0 spiro atoms. The van der Waals surface area contributed by atoms with Crippen LogP contribution in [0.2, 0.25) is 0 Å². The van der Waals surface area contributed by atoms with Crippen LogP contribution in [0.1, 0.15) is 46.5 Å². The number of rotatable bonds is 5. The molecule has 0 aromatic carbocycles. The molecule has 0 saturated carbocycles. The molecule has 1 aliphatic heterocycles. The molecule has 1 aliphatic rings. The summed E-state index contributed by atoms with van der Waals surface area (Å²) >= 11 is 0. The highest BCUT2D eigenvalue weighted by Crippen LogP contribution is 2.21. The van der Waals surface area contributed by atoms with Gasteiger partial charge >= 0.3 is 0 Å². The van der Waals surface area contributed by atoms with Gasteiger partial charge in [0.25, 0.3) is 0 Å². The van der Waals surface area contributed by atoms with Crippen molar-refractivity contribution < 1.29 is 9.53 Å². The average Bonchev–Trinajstić information content (AvgIpc) is 2.66. The zero-order chi connectivity index (χ0) is 13.8. The van der Waals surface area contributed by atoms with E-state index in [4.69, 9.17) is 10.5 Å². The summed E-state index contributed by atoms with van der Waals surface area (Å²) in [5.74, 6) is 0.127. The normalized spacial score (nSPS) is 21.9. The Kier molecular flexibility index (Phi) is 5.60. The van der Waals surface area contributed by atoms with Crippen LogP contribution in [-0.2, 0) is 9.53 Å². The van der Waals surface area contributed by atoms with Crippen LogP contribution in [0.15, 0.2) is 0 Å². The third-order valence-electron chi connectivity index (χ3n) is 3.24. The molecule has 1 saturated heterocycles. The quantitative estimate of drug-likeness (QED) is 0.815. The second-order valence-electron chi connectivity index (χ2n) is 6.64. The van der Waals surface area contributed by atoms with Gasteiger partial charge in [0.05, 0.1) is 6.10 Å². The minimum absolute atomic E-state index is 0.0514. The van der Waals surface area contributed by atoms with E-state index in [1.165, 1.54) is 0 Å². The van der Waals surface area contributed by atoms with Gasteiger partial charge < -0.3 is 15.4 Å². The lowest BCUT2D eigenvalue weighted by Gasteiger charge is -2.26. The predicted molar refractivity (Wildman–Crippen MR) is 73.3 cm³/mol. The van der Waals surface area contributed by atoms with Gasteiger partial charge in [0.1, 0.15) is 0 Å². The van der Waals surface area contributed by atoms with E-state index < -0.39 is 0 Å². The highest BCUT2D eigenvalue weighted by Gasteiger charge is 2.23. The summed E-state index contributed by atoms with van der Waals surface area (Å²) in [6.07, 6.45) is 3.69. The van der Waals surface area contributed by atoms with E-state index in [1.807, 2.05) is 7.05 Å². The average molecular weight is 256 g/mol. The lowest BCUT2D eigenvalue weighted by Crippen LogP contribution is -2.38. The summed E-state index contributed by atoms with van der Waals surface area (Å²) in [7, 11) is 1.84. The highest BCUT2D eigenvalue weighted by atomic mass is 16.5. The van der Waals surface area contributed by atoms with E-state index in [2.05, 4.69) is 20.8 Å². The van der Waals surface area contributed by atoms with Crippen LogP contribution in [0.5, 0.6) is 0 Å². The van der Waals surface area contributed by atoms with E-state index in [0.717, 1.165) is 25.9 Å². The number of nitrogens with two attached hydrogens (primary N) is 1. The first-order chi connectivity index (χ1) is 8.28. The first-order valence-corrected chi connectivity index (χ1v) is 6.89. The highest BCUT2D eigenvalue weighted by molar-refractivity contribution is 5.76. The molecule has 2 N–H and O–H groups in total. The second kappa shape index (κ2) is 6.53. The SMILES string of the molecule is CN(CC1CCCO1)C(=O)CC(N)CC(C)(C)C. The second-order valence-corrected chi connectivity index (χ2v) is 6.64. The summed E-state index contributed by atoms with van der Waals surface area (Å²) in [6, 6.07) is -0.0514. The minimum atomic E-state index is -0.0514. The molecule has 1 fully saturated rings. The van der Waals surface area contributed by atoms with Crippen molar-refractivity contribution in [2.24, 2.45) is 11.1 Å². The van der Waals surface area contributed by atoms with Crippen molar-refractivity contribution in [3.05, 3.63) is 0 Å². The van der Waals surface area contributed by atoms with Gasteiger partial charge in [-0.15, -0.1) is 0 Å². The van der Waals surface area contributed by atoms with E-state index in [1.54, 1.807) is 4.90 Å². The van der Waals surface area contributed by atoms with Crippen LogP contribution >= 0.6 is 0 Å². The van der Waals surface area contributed by atoms with Crippen molar-refractivity contribution in [3.8, 4) is 0 Å². The van der Waals surface area contributed by atoms with E-state index in [-0.39, 0.29) is 23.5 Å². The maximum absolute atomic E-state index is 12.0. The third-order valence-corrected chi connectivity index (χ3v) is 3.24. The molecule has 106 valence electrons. The molecule has 0 radical (unpaired) electrons. The Hall–Kier alpha value is -0.610. The molecule has 18 heavy (non-hydrogen) atoms. The first kappa shape index (κ1) is 15.4. The van der Waals surface area contributed by atoms with E-state index >= 15 is 0 Å². The Bertz CT molecular complexity index is 267. The molecule has 0 aliphatic carbocycles. The van der Waals surface area contributed by atoms with Crippen LogP contribution in [0.4, 0.5) is 0 Å². The number of carbonyl (C=O) groups is 1. The molecule has 0 bridgehead atoms. The number of nitrogens with zero attached hydrogens (tertiary/aromatic N) is 1. The fourth-order valence-electron chi connectivity index (χ4n) is 2.43. The summed E-state index contributed by atoms with van der Waals surface area (Å²) in [5, 5.41) is 0. The third kappa shape index (κ3) is 5.83. The van der Waals surface area contributed by atoms with E-state index in [0.29, 0.717) is 13.0 Å². The Balaban J connectivity index is 2.30. The molecule has 1 heterocycles. The standard InChI is InChI=1S/C14H28N2O2/c1-14(2,3)9-11(15)8-13(17)16(4)10-12-6-5-7-18-12/h11-12H,5-10,15H2,1-4H3. The van der Waals surface area contributed by atoms with Crippen molar-refractivity contribution in [1.82, 2.24) is 4.90 Å². The largest absolute Gasteiger partial charge is 0.376 e. The maximum Gasteiger partial charge on any atom is 0.223 e. The van der Waals surface area contributed by atoms with Crippen LogP contribution < -0.4 is 5.73 Å². The van der Waals surface area contributed by atoms with Gasteiger partial charge in [-0.25, -0.2) is 0 Å². The Morgan fingerprint density at radius 1 is 1.50 bits per heavy atom. The van der Waals surface area contributed by atoms with Gasteiger partial charge in [-0.2, -0.15) is 0 Å². The summed E-state index contributed by atoms with van der Waals surface area (Å²) in [5.41, 5.74) is 6.20. The topological polar surface area (TPSA) is 55.6 Å². The fourth-order valence-corrected chi connectivity index (χ4v) is 2.43.